The van der Waals surface area contributed by atoms with E-state index in [0.717, 1.165) is 29.8 Å². The van der Waals surface area contributed by atoms with E-state index in [1.54, 1.807) is 30.1 Å². The number of fused-ring (bicyclic) bond motifs is 1. The summed E-state index contributed by atoms with van der Waals surface area (Å²) >= 11 is 0. The van der Waals surface area contributed by atoms with Crippen LogP contribution in [0, 0.1) is 0 Å². The molecule has 1 aliphatic rings. The van der Waals surface area contributed by atoms with Gasteiger partial charge in [0.15, 0.2) is 17.3 Å². The van der Waals surface area contributed by atoms with E-state index in [0.29, 0.717) is 24.0 Å². The first-order valence-electron chi connectivity index (χ1n) is 8.65. The molecule has 4 rings (SSSR count). The molecule has 0 bridgehead atoms. The third-order valence-electron chi connectivity index (χ3n) is 4.30. The molecule has 0 aliphatic heterocycles. The summed E-state index contributed by atoms with van der Waals surface area (Å²) in [7, 11) is 1.64. The van der Waals surface area contributed by atoms with Crippen molar-refractivity contribution >= 4 is 28.6 Å². The molecular weight excluding hydrogens is 334 g/mol. The molecule has 1 saturated carbocycles. The molecule has 2 aromatic heterocycles. The minimum Gasteiger partial charge on any atom is -0.440 e. The van der Waals surface area contributed by atoms with Gasteiger partial charge in [-0.2, -0.15) is 5.10 Å². The second-order valence-corrected chi connectivity index (χ2v) is 6.57. The molecule has 8 nitrogen and oxygen atoms in total. The fourth-order valence-electron chi connectivity index (χ4n) is 2.77. The van der Waals surface area contributed by atoms with Crippen LogP contribution in [0.5, 0.6) is 0 Å². The molecule has 0 saturated heterocycles. The number of nitrogens with one attached hydrogen (secondary N) is 2. The Morgan fingerprint density at radius 1 is 1.38 bits per heavy atom. The van der Waals surface area contributed by atoms with Gasteiger partial charge in [0.2, 0.25) is 0 Å². The topological polar surface area (TPSA) is 94.2 Å². The van der Waals surface area contributed by atoms with Gasteiger partial charge >= 0.3 is 6.03 Å². The molecule has 2 amide bonds. The maximum atomic E-state index is 12.2. The van der Waals surface area contributed by atoms with Crippen molar-refractivity contribution in [3.63, 3.8) is 0 Å². The van der Waals surface area contributed by atoms with Crippen molar-refractivity contribution < 1.29 is 13.9 Å². The molecule has 1 atom stereocenters. The van der Waals surface area contributed by atoms with E-state index in [1.807, 2.05) is 19.1 Å². The van der Waals surface area contributed by atoms with Crippen LogP contribution in [0.4, 0.5) is 16.3 Å². The number of aromatic nitrogens is 3. The molecule has 8 heteroatoms. The Hall–Kier alpha value is -2.87. The molecule has 26 heavy (non-hydrogen) atoms. The number of carbonyl (C=O) groups is 1. The van der Waals surface area contributed by atoms with Crippen molar-refractivity contribution in [2.75, 3.05) is 24.4 Å². The fourth-order valence-corrected chi connectivity index (χ4v) is 2.77. The van der Waals surface area contributed by atoms with Gasteiger partial charge < -0.3 is 14.5 Å². The molecule has 2 heterocycles. The number of hydrogen-bond acceptors (Lipinski definition) is 5. The second kappa shape index (κ2) is 6.80. The highest BCUT2D eigenvalue weighted by Crippen LogP contribution is 2.40. The first-order valence-corrected chi connectivity index (χ1v) is 8.65. The van der Waals surface area contributed by atoms with Gasteiger partial charge in [-0.1, -0.05) is 0 Å². The number of amides is 2. The number of rotatable bonds is 6. The van der Waals surface area contributed by atoms with Gasteiger partial charge in [0.1, 0.15) is 5.52 Å². The number of nitrogens with zero attached hydrogens (tertiary/aromatic N) is 3. The lowest BCUT2D eigenvalue weighted by Crippen LogP contribution is -2.20. The van der Waals surface area contributed by atoms with Crippen LogP contribution >= 0.6 is 0 Å². The van der Waals surface area contributed by atoms with Gasteiger partial charge in [0.05, 0.1) is 12.6 Å². The van der Waals surface area contributed by atoms with Crippen LogP contribution in [0.1, 0.15) is 37.6 Å². The predicted octanol–water partition coefficient (Wildman–Crippen LogP) is 3.75. The number of benzene rings is 1. The number of urea groups is 1. The molecule has 1 fully saturated rings. The summed E-state index contributed by atoms with van der Waals surface area (Å²) in [5, 5.41) is 9.84. The number of oxazole rings is 1. The highest BCUT2D eigenvalue weighted by Gasteiger charge is 2.28. The van der Waals surface area contributed by atoms with Gasteiger partial charge in [-0.3, -0.25) is 10.00 Å². The van der Waals surface area contributed by atoms with E-state index in [9.17, 15) is 4.79 Å². The number of ether oxygens (including phenoxy) is 1. The number of carbonyl (C=O) groups excluding carboxylic acids is 1. The van der Waals surface area contributed by atoms with E-state index in [4.69, 9.17) is 9.15 Å². The Labute approximate surface area is 150 Å². The van der Waals surface area contributed by atoms with Gasteiger partial charge in [-0.25, -0.2) is 9.78 Å². The molecule has 1 unspecified atom stereocenters. The number of hydrogen-bond donors (Lipinski definition) is 2. The SMILES string of the molecule is COCC(C)n1ccc(NC(=O)Nc2ccc3oc(C4CC4)nc3c2)n1. The normalized spacial score (nSPS) is 15.2. The maximum Gasteiger partial charge on any atom is 0.324 e. The summed E-state index contributed by atoms with van der Waals surface area (Å²) in [6, 6.07) is 6.90. The first-order chi connectivity index (χ1) is 12.6. The fraction of sp³-hybridized carbons (Fsp3) is 0.389. The minimum atomic E-state index is -0.361. The van der Waals surface area contributed by atoms with Crippen molar-refractivity contribution in [1.82, 2.24) is 14.8 Å². The van der Waals surface area contributed by atoms with Crippen LogP contribution in [0.25, 0.3) is 11.1 Å². The first kappa shape index (κ1) is 16.6. The Morgan fingerprint density at radius 3 is 3.00 bits per heavy atom. The highest BCUT2D eigenvalue weighted by atomic mass is 16.5. The van der Waals surface area contributed by atoms with Crippen LogP contribution in [0.2, 0.25) is 0 Å². The Morgan fingerprint density at radius 2 is 2.23 bits per heavy atom. The smallest absolute Gasteiger partial charge is 0.324 e. The molecule has 1 aromatic carbocycles. The summed E-state index contributed by atoms with van der Waals surface area (Å²) in [4.78, 5) is 16.7. The Kier molecular flexibility index (Phi) is 4.34. The van der Waals surface area contributed by atoms with E-state index < -0.39 is 0 Å². The summed E-state index contributed by atoms with van der Waals surface area (Å²) < 4.78 is 12.6. The van der Waals surface area contributed by atoms with Crippen LogP contribution in [-0.2, 0) is 4.74 Å². The van der Waals surface area contributed by atoms with Crippen molar-refractivity contribution in [3.05, 3.63) is 36.4 Å². The average Bonchev–Trinajstić information content (AvgIpc) is 3.21. The average molecular weight is 355 g/mol. The van der Waals surface area contributed by atoms with Gasteiger partial charge in [0.25, 0.3) is 0 Å². The summed E-state index contributed by atoms with van der Waals surface area (Å²) in [5.74, 6) is 1.72. The standard InChI is InChI=1S/C18H21N5O3/c1-11(10-25-2)23-8-7-16(22-23)21-18(24)19-13-5-6-15-14(9-13)20-17(26-15)12-3-4-12/h5-9,11-12H,3-4,10H2,1-2H3,(H2,19,21,22,24). The summed E-state index contributed by atoms with van der Waals surface area (Å²) in [6.45, 7) is 2.54. The van der Waals surface area contributed by atoms with E-state index >= 15 is 0 Å². The molecule has 0 radical (unpaired) electrons. The molecule has 3 aromatic rings. The van der Waals surface area contributed by atoms with Gasteiger partial charge in [0, 0.05) is 31.0 Å². The number of methoxy groups -OCH3 is 1. The largest absolute Gasteiger partial charge is 0.440 e. The third kappa shape index (κ3) is 3.55. The Bertz CT molecular complexity index is 928. The summed E-state index contributed by atoms with van der Waals surface area (Å²) in [6.07, 6.45) is 4.08. The van der Waals surface area contributed by atoms with Crippen molar-refractivity contribution in [1.29, 1.82) is 0 Å². The maximum absolute atomic E-state index is 12.2. The molecule has 0 spiro atoms. The van der Waals surface area contributed by atoms with Crippen molar-refractivity contribution in [2.24, 2.45) is 0 Å². The van der Waals surface area contributed by atoms with E-state index in [2.05, 4.69) is 20.7 Å². The predicted molar refractivity (Wildman–Crippen MR) is 97.4 cm³/mol. The minimum absolute atomic E-state index is 0.0915. The zero-order valence-corrected chi connectivity index (χ0v) is 14.7. The monoisotopic (exact) mass is 355 g/mol. The highest BCUT2D eigenvalue weighted by molar-refractivity contribution is 6.00. The zero-order valence-electron chi connectivity index (χ0n) is 14.7. The number of anilines is 2. The van der Waals surface area contributed by atoms with Crippen LogP contribution < -0.4 is 10.6 Å². The van der Waals surface area contributed by atoms with Gasteiger partial charge in [-0.15, -0.1) is 0 Å². The molecule has 1 aliphatic carbocycles. The van der Waals surface area contributed by atoms with Gasteiger partial charge in [-0.05, 0) is 38.0 Å². The van der Waals surface area contributed by atoms with Crippen molar-refractivity contribution in [2.45, 2.75) is 31.7 Å². The van der Waals surface area contributed by atoms with E-state index in [-0.39, 0.29) is 12.1 Å². The Balaban J connectivity index is 1.40. The summed E-state index contributed by atoms with van der Waals surface area (Å²) in [5.41, 5.74) is 2.14. The lowest BCUT2D eigenvalue weighted by atomic mass is 10.3. The third-order valence-corrected chi connectivity index (χ3v) is 4.30. The van der Waals surface area contributed by atoms with Crippen LogP contribution in [0.15, 0.2) is 34.9 Å². The lowest BCUT2D eigenvalue weighted by Gasteiger charge is -2.10. The molecule has 136 valence electrons. The van der Waals surface area contributed by atoms with Crippen LogP contribution in [0.3, 0.4) is 0 Å². The lowest BCUT2D eigenvalue weighted by molar-refractivity contribution is 0.157. The van der Waals surface area contributed by atoms with Crippen LogP contribution in [-0.4, -0.2) is 34.5 Å². The van der Waals surface area contributed by atoms with Crippen molar-refractivity contribution in [3.8, 4) is 0 Å². The quantitative estimate of drug-likeness (QED) is 0.702. The second-order valence-electron chi connectivity index (χ2n) is 6.57. The zero-order chi connectivity index (χ0) is 18.1. The van der Waals surface area contributed by atoms with E-state index in [1.165, 1.54) is 0 Å². The molecular formula is C18H21N5O3. The molecule has 2 N–H and O–H groups in total.